The van der Waals surface area contributed by atoms with E-state index in [2.05, 4.69) is 46.8 Å². The second-order valence-corrected chi connectivity index (χ2v) is 9.17. The number of rotatable bonds is 1. The molecule has 23 heavy (non-hydrogen) atoms. The van der Waals surface area contributed by atoms with Crippen molar-refractivity contribution in [1.82, 2.24) is 19.5 Å². The van der Waals surface area contributed by atoms with Gasteiger partial charge in [0.05, 0.1) is 4.47 Å². The Hall–Kier alpha value is -1.43. The van der Waals surface area contributed by atoms with E-state index in [9.17, 15) is 4.79 Å². The Kier molecular flexibility index (Phi) is 3.15. The molecule has 0 N–H and O–H groups in total. The van der Waals surface area contributed by atoms with E-state index in [1.807, 2.05) is 11.1 Å². The van der Waals surface area contributed by atoms with Crippen LogP contribution in [0.25, 0.3) is 5.65 Å². The Morgan fingerprint density at radius 3 is 2.91 bits per heavy atom. The monoisotopic (exact) mass is 376 g/mol. The van der Waals surface area contributed by atoms with Gasteiger partial charge in [-0.2, -0.15) is 5.10 Å². The summed E-state index contributed by atoms with van der Waals surface area (Å²) in [6.45, 7) is 7.79. The number of aromatic nitrogens is 3. The van der Waals surface area contributed by atoms with E-state index in [0.717, 1.165) is 23.9 Å². The highest BCUT2D eigenvalue weighted by Crippen LogP contribution is 2.52. The molecule has 2 aromatic heterocycles. The maximum Gasteiger partial charge on any atom is 0.274 e. The second-order valence-electron chi connectivity index (χ2n) is 8.25. The molecule has 2 bridgehead atoms. The van der Waals surface area contributed by atoms with Crippen molar-refractivity contribution in [3.63, 3.8) is 0 Å². The van der Waals surface area contributed by atoms with E-state index in [-0.39, 0.29) is 11.3 Å². The number of fused-ring (bicyclic) bond motifs is 3. The molecule has 2 fully saturated rings. The summed E-state index contributed by atoms with van der Waals surface area (Å²) in [6, 6.07) is 2.12. The van der Waals surface area contributed by atoms with Crippen molar-refractivity contribution in [2.45, 2.75) is 46.1 Å². The zero-order valence-electron chi connectivity index (χ0n) is 13.7. The molecule has 1 aliphatic carbocycles. The van der Waals surface area contributed by atoms with Gasteiger partial charge < -0.3 is 4.90 Å². The Morgan fingerprint density at radius 2 is 2.13 bits per heavy atom. The number of halogens is 1. The summed E-state index contributed by atoms with van der Waals surface area (Å²) >= 11 is 3.38. The standard InChI is InChI=1S/C17H21BrN4O/c1-16(2)5-12-6-17(3,9-16)10-21(12)15(23)13-4-14-19-7-11(18)8-22(14)20-13/h4,7-8,12H,5-6,9-10H2,1-3H3/t12-,17-/m0/s1. The van der Waals surface area contributed by atoms with Gasteiger partial charge in [0.15, 0.2) is 11.3 Å². The molecule has 1 saturated carbocycles. The quantitative estimate of drug-likeness (QED) is 0.764. The number of amides is 1. The van der Waals surface area contributed by atoms with Crippen molar-refractivity contribution in [1.29, 1.82) is 0 Å². The molecule has 1 amide bonds. The number of carbonyl (C=O) groups excluding carboxylic acids is 1. The van der Waals surface area contributed by atoms with Crippen LogP contribution in [0.5, 0.6) is 0 Å². The van der Waals surface area contributed by atoms with E-state index in [1.54, 1.807) is 16.8 Å². The number of hydrogen-bond acceptors (Lipinski definition) is 3. The number of carbonyl (C=O) groups is 1. The van der Waals surface area contributed by atoms with E-state index in [4.69, 9.17) is 0 Å². The summed E-state index contributed by atoms with van der Waals surface area (Å²) in [5.74, 6) is 0.0399. The van der Waals surface area contributed by atoms with Gasteiger partial charge in [0, 0.05) is 31.0 Å². The zero-order chi connectivity index (χ0) is 16.4. The van der Waals surface area contributed by atoms with Crippen LogP contribution >= 0.6 is 15.9 Å². The summed E-state index contributed by atoms with van der Waals surface area (Å²) < 4.78 is 2.50. The highest BCUT2D eigenvalue weighted by atomic mass is 79.9. The van der Waals surface area contributed by atoms with Crippen molar-refractivity contribution in [2.75, 3.05) is 6.54 Å². The summed E-state index contributed by atoms with van der Waals surface area (Å²) in [6.07, 6.45) is 6.91. The van der Waals surface area contributed by atoms with Gasteiger partial charge in [0.2, 0.25) is 0 Å². The smallest absolute Gasteiger partial charge is 0.274 e. The molecule has 4 rings (SSSR count). The summed E-state index contributed by atoms with van der Waals surface area (Å²) in [7, 11) is 0. The van der Waals surface area contributed by atoms with E-state index in [1.165, 1.54) is 6.42 Å². The number of hydrogen-bond donors (Lipinski definition) is 0. The molecule has 1 aliphatic heterocycles. The molecule has 3 heterocycles. The first kappa shape index (κ1) is 15.1. The van der Waals surface area contributed by atoms with Crippen LogP contribution in [0.3, 0.4) is 0 Å². The van der Waals surface area contributed by atoms with Gasteiger partial charge in [-0.05, 0) is 46.0 Å². The molecule has 2 aromatic rings. The van der Waals surface area contributed by atoms with Crippen LogP contribution in [-0.4, -0.2) is 38.0 Å². The van der Waals surface area contributed by atoms with Crippen molar-refractivity contribution in [3.05, 3.63) is 28.6 Å². The maximum atomic E-state index is 13.0. The van der Waals surface area contributed by atoms with Gasteiger partial charge >= 0.3 is 0 Å². The first-order valence-electron chi connectivity index (χ1n) is 8.07. The van der Waals surface area contributed by atoms with E-state index in [0.29, 0.717) is 22.8 Å². The lowest BCUT2D eigenvalue weighted by Gasteiger charge is -2.39. The van der Waals surface area contributed by atoms with Crippen LogP contribution in [0.2, 0.25) is 0 Å². The van der Waals surface area contributed by atoms with Gasteiger partial charge in [-0.3, -0.25) is 4.79 Å². The van der Waals surface area contributed by atoms with Gasteiger partial charge in [-0.15, -0.1) is 0 Å². The highest BCUT2D eigenvalue weighted by molar-refractivity contribution is 9.10. The topological polar surface area (TPSA) is 50.5 Å². The third-order valence-corrected chi connectivity index (χ3v) is 5.59. The molecule has 1 saturated heterocycles. The predicted molar refractivity (Wildman–Crippen MR) is 91.3 cm³/mol. The van der Waals surface area contributed by atoms with Gasteiger partial charge in [0.1, 0.15) is 0 Å². The molecule has 6 heteroatoms. The molecule has 5 nitrogen and oxygen atoms in total. The lowest BCUT2D eigenvalue weighted by atomic mass is 9.65. The van der Waals surface area contributed by atoms with Crippen LogP contribution < -0.4 is 0 Å². The SMILES string of the molecule is CC1(C)C[C@H]2C[C@](C)(CN2C(=O)c2cc3ncc(Br)cn3n2)C1. The van der Waals surface area contributed by atoms with Crippen LogP contribution in [0.4, 0.5) is 0 Å². The summed E-state index contributed by atoms with van der Waals surface area (Å²) in [4.78, 5) is 19.4. The van der Waals surface area contributed by atoms with Crippen molar-refractivity contribution in [3.8, 4) is 0 Å². The van der Waals surface area contributed by atoms with Gasteiger partial charge in [-0.25, -0.2) is 9.50 Å². The van der Waals surface area contributed by atoms with Gasteiger partial charge in [-0.1, -0.05) is 20.8 Å². The lowest BCUT2D eigenvalue weighted by Crippen LogP contribution is -2.37. The number of likely N-dealkylation sites (tertiary alicyclic amines) is 1. The molecular weight excluding hydrogens is 356 g/mol. The minimum atomic E-state index is 0.0399. The van der Waals surface area contributed by atoms with E-state index < -0.39 is 0 Å². The van der Waals surface area contributed by atoms with Crippen molar-refractivity contribution < 1.29 is 4.79 Å². The van der Waals surface area contributed by atoms with Crippen LogP contribution in [-0.2, 0) is 0 Å². The second kappa shape index (κ2) is 4.79. The fourth-order valence-corrected chi connectivity index (χ4v) is 5.10. The minimum Gasteiger partial charge on any atom is -0.334 e. The molecule has 0 radical (unpaired) electrons. The van der Waals surface area contributed by atoms with Crippen LogP contribution in [0.15, 0.2) is 22.9 Å². The molecule has 0 aromatic carbocycles. The minimum absolute atomic E-state index is 0.0399. The highest BCUT2D eigenvalue weighted by Gasteiger charge is 2.51. The average molecular weight is 377 g/mol. The summed E-state index contributed by atoms with van der Waals surface area (Å²) in [5.41, 5.74) is 1.73. The third-order valence-electron chi connectivity index (χ3n) is 5.18. The fraction of sp³-hybridized carbons (Fsp3) is 0.588. The molecular formula is C17H21BrN4O. The molecule has 122 valence electrons. The number of nitrogens with zero attached hydrogens (tertiary/aromatic N) is 4. The molecule has 0 spiro atoms. The predicted octanol–water partition coefficient (Wildman–Crippen LogP) is 3.53. The average Bonchev–Trinajstić information content (AvgIpc) is 2.94. The van der Waals surface area contributed by atoms with E-state index >= 15 is 0 Å². The Morgan fingerprint density at radius 1 is 1.35 bits per heavy atom. The zero-order valence-corrected chi connectivity index (χ0v) is 15.3. The molecule has 2 aliphatic rings. The lowest BCUT2D eigenvalue weighted by molar-refractivity contribution is 0.0702. The van der Waals surface area contributed by atoms with Crippen LogP contribution in [0, 0.1) is 10.8 Å². The van der Waals surface area contributed by atoms with Crippen LogP contribution in [0.1, 0.15) is 50.5 Å². The first-order chi connectivity index (χ1) is 10.7. The summed E-state index contributed by atoms with van der Waals surface area (Å²) in [5, 5.41) is 4.42. The first-order valence-corrected chi connectivity index (χ1v) is 8.86. The van der Waals surface area contributed by atoms with Gasteiger partial charge in [0.25, 0.3) is 5.91 Å². The fourth-order valence-electron chi connectivity index (χ4n) is 4.80. The van der Waals surface area contributed by atoms with Crippen molar-refractivity contribution in [2.24, 2.45) is 10.8 Å². The van der Waals surface area contributed by atoms with Crippen molar-refractivity contribution >= 4 is 27.5 Å². The Labute approximate surface area is 144 Å². The normalized spacial score (nSPS) is 29.2. The maximum absolute atomic E-state index is 13.0. The Balaban J connectivity index is 1.66. The molecule has 0 unspecified atom stereocenters. The Bertz CT molecular complexity index is 799. The molecule has 2 atom stereocenters. The largest absolute Gasteiger partial charge is 0.334 e. The third kappa shape index (κ3) is 2.57.